The fourth-order valence-corrected chi connectivity index (χ4v) is 2.04. The summed E-state index contributed by atoms with van der Waals surface area (Å²) in [5, 5.41) is 9.54. The number of fused-ring (bicyclic) bond motifs is 1. The summed E-state index contributed by atoms with van der Waals surface area (Å²) in [6.45, 7) is 4.01. The topological polar surface area (TPSA) is 76.5 Å². The smallest absolute Gasteiger partial charge is 0.195 e. The van der Waals surface area contributed by atoms with Crippen LogP contribution in [0.2, 0.25) is 0 Å². The van der Waals surface area contributed by atoms with Crippen LogP contribution in [-0.2, 0) is 6.42 Å². The van der Waals surface area contributed by atoms with Crippen molar-refractivity contribution in [1.82, 2.24) is 0 Å². The number of rotatable bonds is 4. The van der Waals surface area contributed by atoms with Gasteiger partial charge in [0.15, 0.2) is 5.43 Å². The Balaban J connectivity index is 2.52. The molecule has 0 amide bonds. The van der Waals surface area contributed by atoms with E-state index in [9.17, 15) is 4.79 Å². The van der Waals surface area contributed by atoms with E-state index >= 15 is 0 Å². The Morgan fingerprint density at radius 1 is 1.37 bits per heavy atom. The molecule has 19 heavy (non-hydrogen) atoms. The molecule has 0 radical (unpaired) electrons. The van der Waals surface area contributed by atoms with Crippen LogP contribution in [0.5, 0.6) is 0 Å². The number of hydrogen-bond acceptors (Lipinski definition) is 4. The molecule has 102 valence electrons. The lowest BCUT2D eigenvalue weighted by Crippen LogP contribution is -2.29. The molecule has 1 atom stereocenters. The second-order valence-corrected chi connectivity index (χ2v) is 5.15. The Bertz CT molecular complexity index is 631. The molecule has 0 saturated heterocycles. The lowest BCUT2D eigenvalue weighted by molar-refractivity contribution is 0.265. The van der Waals surface area contributed by atoms with E-state index in [0.717, 1.165) is 5.56 Å². The van der Waals surface area contributed by atoms with Gasteiger partial charge in [0, 0.05) is 11.6 Å². The maximum atomic E-state index is 12.4. The normalized spacial score (nSPS) is 13.1. The van der Waals surface area contributed by atoms with Crippen LogP contribution in [-0.4, -0.2) is 17.8 Å². The van der Waals surface area contributed by atoms with Crippen molar-refractivity contribution in [3.05, 3.63) is 45.8 Å². The first-order valence-corrected chi connectivity index (χ1v) is 6.43. The third kappa shape index (κ3) is 2.85. The Hall–Kier alpha value is -1.65. The molecule has 1 aromatic heterocycles. The fraction of sp³-hybridized carbons (Fsp3) is 0.400. The third-order valence-electron chi connectivity index (χ3n) is 3.25. The summed E-state index contributed by atoms with van der Waals surface area (Å²) in [5.74, 6) is 0.354. The molecule has 0 bridgehead atoms. The summed E-state index contributed by atoms with van der Waals surface area (Å²) in [7, 11) is 0. The first-order valence-electron chi connectivity index (χ1n) is 6.43. The van der Waals surface area contributed by atoms with Gasteiger partial charge in [0.1, 0.15) is 5.58 Å². The van der Waals surface area contributed by atoms with E-state index in [0.29, 0.717) is 28.9 Å². The molecule has 4 nitrogen and oxygen atoms in total. The van der Waals surface area contributed by atoms with E-state index in [1.54, 1.807) is 0 Å². The second-order valence-electron chi connectivity index (χ2n) is 5.15. The lowest BCUT2D eigenvalue weighted by Gasteiger charge is -2.09. The molecular weight excluding hydrogens is 242 g/mol. The third-order valence-corrected chi connectivity index (χ3v) is 3.25. The predicted octanol–water partition coefficient (Wildman–Crippen LogP) is 1.78. The molecule has 0 fully saturated rings. The Labute approximate surface area is 111 Å². The summed E-state index contributed by atoms with van der Waals surface area (Å²) in [4.78, 5) is 12.4. The van der Waals surface area contributed by atoms with Gasteiger partial charge in [0.2, 0.25) is 0 Å². The van der Waals surface area contributed by atoms with Gasteiger partial charge >= 0.3 is 0 Å². The Kier molecular flexibility index (Phi) is 4.02. The van der Waals surface area contributed by atoms with Gasteiger partial charge in [-0.25, -0.2) is 0 Å². The SMILES string of the molecule is CC(C)c1ccc2occ(CC(N)CO)c(=O)c2c1. The van der Waals surface area contributed by atoms with Crippen molar-refractivity contribution in [3.8, 4) is 0 Å². The van der Waals surface area contributed by atoms with Gasteiger partial charge in [-0.3, -0.25) is 4.79 Å². The van der Waals surface area contributed by atoms with Gasteiger partial charge < -0.3 is 15.3 Å². The van der Waals surface area contributed by atoms with E-state index in [2.05, 4.69) is 13.8 Å². The molecule has 0 spiro atoms. The lowest BCUT2D eigenvalue weighted by atomic mass is 10.00. The zero-order valence-electron chi connectivity index (χ0n) is 11.2. The summed E-state index contributed by atoms with van der Waals surface area (Å²) < 4.78 is 5.47. The van der Waals surface area contributed by atoms with Crippen molar-refractivity contribution >= 4 is 11.0 Å². The highest BCUT2D eigenvalue weighted by Gasteiger charge is 2.11. The molecule has 0 saturated carbocycles. The number of aliphatic hydroxyl groups is 1. The first kappa shape index (κ1) is 13.8. The van der Waals surface area contributed by atoms with E-state index in [4.69, 9.17) is 15.3 Å². The van der Waals surface area contributed by atoms with Crippen LogP contribution in [0.1, 0.15) is 30.9 Å². The minimum atomic E-state index is -0.436. The molecule has 1 aromatic carbocycles. The van der Waals surface area contributed by atoms with Gasteiger partial charge in [-0.05, 0) is 30.0 Å². The molecule has 1 unspecified atom stereocenters. The molecule has 0 aliphatic heterocycles. The van der Waals surface area contributed by atoms with Crippen LogP contribution in [0.4, 0.5) is 0 Å². The molecule has 3 N–H and O–H groups in total. The van der Waals surface area contributed by atoms with E-state index in [-0.39, 0.29) is 12.0 Å². The predicted molar refractivity (Wildman–Crippen MR) is 75.3 cm³/mol. The zero-order chi connectivity index (χ0) is 14.0. The van der Waals surface area contributed by atoms with Crippen molar-refractivity contribution in [2.45, 2.75) is 32.2 Å². The minimum absolute atomic E-state index is 0.0624. The highest BCUT2D eigenvalue weighted by molar-refractivity contribution is 5.77. The summed E-state index contributed by atoms with van der Waals surface area (Å²) in [6, 6.07) is 5.23. The highest BCUT2D eigenvalue weighted by atomic mass is 16.3. The summed E-state index contributed by atoms with van der Waals surface area (Å²) >= 11 is 0. The fourth-order valence-electron chi connectivity index (χ4n) is 2.04. The van der Waals surface area contributed by atoms with Crippen LogP contribution >= 0.6 is 0 Å². The monoisotopic (exact) mass is 261 g/mol. The minimum Gasteiger partial charge on any atom is -0.464 e. The maximum Gasteiger partial charge on any atom is 0.195 e. The highest BCUT2D eigenvalue weighted by Crippen LogP contribution is 2.19. The van der Waals surface area contributed by atoms with Gasteiger partial charge in [-0.15, -0.1) is 0 Å². The number of aliphatic hydroxyl groups excluding tert-OH is 1. The van der Waals surface area contributed by atoms with Crippen molar-refractivity contribution in [2.24, 2.45) is 5.73 Å². The van der Waals surface area contributed by atoms with E-state index in [1.807, 2.05) is 18.2 Å². The van der Waals surface area contributed by atoms with Gasteiger partial charge in [-0.1, -0.05) is 19.9 Å². The van der Waals surface area contributed by atoms with Crippen LogP contribution in [0.15, 0.2) is 33.7 Å². The maximum absolute atomic E-state index is 12.4. The number of hydrogen-bond donors (Lipinski definition) is 2. The van der Waals surface area contributed by atoms with Crippen LogP contribution in [0.25, 0.3) is 11.0 Å². The largest absolute Gasteiger partial charge is 0.464 e. The van der Waals surface area contributed by atoms with Crippen LogP contribution < -0.4 is 11.2 Å². The quantitative estimate of drug-likeness (QED) is 0.879. The first-order chi connectivity index (χ1) is 9.02. The Morgan fingerprint density at radius 3 is 2.74 bits per heavy atom. The average molecular weight is 261 g/mol. The molecule has 4 heteroatoms. The molecule has 0 aliphatic rings. The van der Waals surface area contributed by atoms with Crippen molar-refractivity contribution < 1.29 is 9.52 Å². The van der Waals surface area contributed by atoms with Crippen molar-refractivity contribution in [3.63, 3.8) is 0 Å². The number of nitrogens with two attached hydrogens (primary N) is 1. The van der Waals surface area contributed by atoms with Crippen molar-refractivity contribution in [2.75, 3.05) is 6.61 Å². The summed E-state index contributed by atoms with van der Waals surface area (Å²) in [6.07, 6.45) is 1.76. The molecule has 1 heterocycles. The second kappa shape index (κ2) is 5.55. The van der Waals surface area contributed by atoms with E-state index in [1.165, 1.54) is 6.26 Å². The average Bonchev–Trinajstić information content (AvgIpc) is 2.41. The standard InChI is InChI=1S/C15H19NO3/c1-9(2)10-3-4-14-13(6-10)15(18)11(8-19-14)5-12(16)7-17/h3-4,6,8-9,12,17H,5,7,16H2,1-2H3. The van der Waals surface area contributed by atoms with Gasteiger partial charge in [0.25, 0.3) is 0 Å². The molecular formula is C15H19NO3. The van der Waals surface area contributed by atoms with Gasteiger partial charge in [-0.2, -0.15) is 0 Å². The summed E-state index contributed by atoms with van der Waals surface area (Å²) in [5.41, 5.74) is 7.79. The zero-order valence-corrected chi connectivity index (χ0v) is 11.2. The molecule has 0 aliphatic carbocycles. The Morgan fingerprint density at radius 2 is 2.11 bits per heavy atom. The molecule has 2 aromatic rings. The number of benzene rings is 1. The van der Waals surface area contributed by atoms with Crippen LogP contribution in [0.3, 0.4) is 0 Å². The van der Waals surface area contributed by atoms with Crippen LogP contribution in [0, 0.1) is 0 Å². The molecule has 2 rings (SSSR count). The van der Waals surface area contributed by atoms with Gasteiger partial charge in [0.05, 0.1) is 18.3 Å². The van der Waals surface area contributed by atoms with E-state index < -0.39 is 6.04 Å². The van der Waals surface area contributed by atoms with Crippen molar-refractivity contribution in [1.29, 1.82) is 0 Å².